The molecule has 4 aliphatic rings. The van der Waals surface area contributed by atoms with Gasteiger partial charge in [0.25, 0.3) is 0 Å². The van der Waals surface area contributed by atoms with Crippen LogP contribution in [0.5, 0.6) is 0 Å². The second-order valence-corrected chi connectivity index (χ2v) is 10.2. The van der Waals surface area contributed by atoms with E-state index in [9.17, 15) is 13.2 Å². The summed E-state index contributed by atoms with van der Waals surface area (Å²) in [6.45, 7) is 1.47. The third-order valence-corrected chi connectivity index (χ3v) is 8.64. The zero-order valence-electron chi connectivity index (χ0n) is 12.1. The summed E-state index contributed by atoms with van der Waals surface area (Å²) in [5.74, 6) is 1.73. The number of fused-ring (bicyclic) bond motifs is 3. The van der Waals surface area contributed by atoms with E-state index in [1.807, 2.05) is 0 Å². The highest BCUT2D eigenvalue weighted by Crippen LogP contribution is 2.51. The van der Waals surface area contributed by atoms with E-state index in [1.54, 1.807) is 0 Å². The molecule has 2 saturated heterocycles. The molecule has 21 heavy (non-hydrogen) atoms. The molecular weight excluding hydrogens is 308 g/mol. The fourth-order valence-corrected chi connectivity index (χ4v) is 8.68. The van der Waals surface area contributed by atoms with Gasteiger partial charge in [0, 0.05) is 18.2 Å². The monoisotopic (exact) mass is 328 g/mol. The summed E-state index contributed by atoms with van der Waals surface area (Å²) < 4.78 is 23.9. The summed E-state index contributed by atoms with van der Waals surface area (Å²) in [6, 6.07) is 0.431. The Morgan fingerprint density at radius 3 is 2.67 bits per heavy atom. The van der Waals surface area contributed by atoms with Crippen molar-refractivity contribution in [3.05, 3.63) is 0 Å². The molecule has 5 unspecified atom stereocenters. The summed E-state index contributed by atoms with van der Waals surface area (Å²) in [7, 11) is -2.94. The van der Waals surface area contributed by atoms with E-state index < -0.39 is 9.84 Å². The van der Waals surface area contributed by atoms with Crippen LogP contribution in [0.25, 0.3) is 0 Å². The number of thioether (sulfide) groups is 1. The fraction of sp³-hybridized carbons (Fsp3) is 0.857. The van der Waals surface area contributed by atoms with Gasteiger partial charge in [0.15, 0.2) is 15.0 Å². The Kier molecular flexibility index (Phi) is 3.16. The van der Waals surface area contributed by atoms with Gasteiger partial charge in [0.05, 0.1) is 17.5 Å². The van der Waals surface area contributed by atoms with Crippen molar-refractivity contribution in [1.29, 1.82) is 0 Å². The maximum absolute atomic E-state index is 11.9. The first kappa shape index (κ1) is 14.1. The highest BCUT2D eigenvalue weighted by molar-refractivity contribution is 8.15. The minimum absolute atomic E-state index is 0.0300. The molecule has 5 atom stereocenters. The first-order valence-electron chi connectivity index (χ1n) is 7.67. The van der Waals surface area contributed by atoms with Gasteiger partial charge in [-0.25, -0.2) is 8.42 Å². The zero-order chi connectivity index (χ0) is 14.8. The van der Waals surface area contributed by atoms with Crippen LogP contribution >= 0.6 is 11.8 Å². The molecule has 2 aliphatic carbocycles. The lowest BCUT2D eigenvalue weighted by atomic mass is 9.93. The largest absolute Gasteiger partial charge is 0.343 e. The predicted molar refractivity (Wildman–Crippen MR) is 83.0 cm³/mol. The van der Waals surface area contributed by atoms with Gasteiger partial charge in [-0.2, -0.15) is 4.99 Å². The molecule has 2 heterocycles. The number of aliphatic imine (C=N–C) groups is 1. The van der Waals surface area contributed by atoms with Crippen LogP contribution in [0.3, 0.4) is 0 Å². The van der Waals surface area contributed by atoms with E-state index >= 15 is 0 Å². The smallest absolute Gasteiger partial charge is 0.244 e. The van der Waals surface area contributed by atoms with E-state index in [4.69, 9.17) is 0 Å². The van der Waals surface area contributed by atoms with Crippen molar-refractivity contribution >= 4 is 32.7 Å². The zero-order valence-corrected chi connectivity index (χ0v) is 13.7. The number of carbonyl (C=O) groups is 1. The van der Waals surface area contributed by atoms with Gasteiger partial charge in [0.1, 0.15) is 0 Å². The SMILES string of the molecule is CC(=O)N=C1SC2CS(=O)(=O)CC2N1C1CC2CCC1C2. The predicted octanol–water partition coefficient (Wildman–Crippen LogP) is 1.29. The van der Waals surface area contributed by atoms with Gasteiger partial charge in [-0.05, 0) is 31.1 Å². The Labute approximate surface area is 129 Å². The van der Waals surface area contributed by atoms with Gasteiger partial charge in [-0.1, -0.05) is 18.2 Å². The quantitative estimate of drug-likeness (QED) is 0.726. The van der Waals surface area contributed by atoms with Gasteiger partial charge >= 0.3 is 0 Å². The molecule has 2 bridgehead atoms. The molecule has 5 nitrogen and oxygen atoms in total. The number of nitrogens with zero attached hydrogens (tertiary/aromatic N) is 2. The summed E-state index contributed by atoms with van der Waals surface area (Å²) in [6.07, 6.45) is 4.97. The lowest BCUT2D eigenvalue weighted by molar-refractivity contribution is -0.115. The van der Waals surface area contributed by atoms with Crippen molar-refractivity contribution in [2.24, 2.45) is 16.8 Å². The second-order valence-electron chi connectivity index (χ2n) is 6.86. The fourth-order valence-electron chi connectivity index (χ4n) is 4.67. The van der Waals surface area contributed by atoms with Crippen LogP contribution in [0.1, 0.15) is 32.6 Å². The van der Waals surface area contributed by atoms with Gasteiger partial charge in [-0.3, -0.25) is 4.79 Å². The number of amidine groups is 1. The van der Waals surface area contributed by atoms with Gasteiger partial charge < -0.3 is 4.90 Å². The lowest BCUT2D eigenvalue weighted by Gasteiger charge is -2.36. The van der Waals surface area contributed by atoms with Gasteiger partial charge in [0.2, 0.25) is 5.91 Å². The molecule has 4 rings (SSSR count). The molecule has 1 amide bonds. The molecule has 0 spiro atoms. The third-order valence-electron chi connectivity index (χ3n) is 5.42. The minimum atomic E-state index is -2.94. The van der Waals surface area contributed by atoms with E-state index in [0.29, 0.717) is 12.0 Å². The number of amides is 1. The maximum atomic E-state index is 11.9. The molecule has 116 valence electrons. The summed E-state index contributed by atoms with van der Waals surface area (Å²) in [4.78, 5) is 17.8. The molecule has 2 aliphatic heterocycles. The normalized spacial score (nSPS) is 45.5. The topological polar surface area (TPSA) is 66.8 Å². The van der Waals surface area contributed by atoms with Crippen LogP contribution in [-0.4, -0.2) is 53.2 Å². The highest BCUT2D eigenvalue weighted by Gasteiger charge is 2.54. The molecule has 0 aromatic rings. The molecule has 0 radical (unpaired) electrons. The number of hydrogen-bond acceptors (Lipinski definition) is 4. The molecular formula is C14H20N2O3S2. The van der Waals surface area contributed by atoms with Crippen molar-refractivity contribution in [1.82, 2.24) is 4.90 Å². The molecule has 2 saturated carbocycles. The standard InChI is InChI=1S/C14H20N2O3S2/c1-8(17)15-14-16(11-5-9-2-3-10(11)4-9)12-6-21(18,19)7-13(12)20-14/h9-13H,2-7H2,1H3. The number of rotatable bonds is 1. The number of sulfone groups is 1. The van der Waals surface area contributed by atoms with Crippen molar-refractivity contribution in [2.45, 2.75) is 49.9 Å². The first-order valence-corrected chi connectivity index (χ1v) is 10.4. The molecule has 4 fully saturated rings. The summed E-state index contributed by atoms with van der Waals surface area (Å²) in [5.41, 5.74) is 0. The molecule has 0 N–H and O–H groups in total. The molecule has 7 heteroatoms. The van der Waals surface area contributed by atoms with Crippen molar-refractivity contribution in [2.75, 3.05) is 11.5 Å². The average molecular weight is 328 g/mol. The second kappa shape index (κ2) is 4.72. The van der Waals surface area contributed by atoms with E-state index in [1.165, 1.54) is 37.9 Å². The Morgan fingerprint density at radius 1 is 1.24 bits per heavy atom. The van der Waals surface area contributed by atoms with Gasteiger partial charge in [-0.15, -0.1) is 0 Å². The number of hydrogen-bond donors (Lipinski definition) is 0. The van der Waals surface area contributed by atoms with Crippen molar-refractivity contribution in [3.63, 3.8) is 0 Å². The van der Waals surface area contributed by atoms with Crippen LogP contribution in [-0.2, 0) is 14.6 Å². The van der Waals surface area contributed by atoms with E-state index in [-0.39, 0.29) is 28.7 Å². The third kappa shape index (κ3) is 2.32. The summed E-state index contributed by atoms with van der Waals surface area (Å²) in [5, 5.41) is 0.845. The minimum Gasteiger partial charge on any atom is -0.343 e. The lowest BCUT2D eigenvalue weighted by Crippen LogP contribution is -2.47. The maximum Gasteiger partial charge on any atom is 0.244 e. The van der Waals surface area contributed by atoms with E-state index in [2.05, 4.69) is 9.89 Å². The highest BCUT2D eigenvalue weighted by atomic mass is 32.2. The average Bonchev–Trinajstić information content (AvgIpc) is 3.07. The molecule has 0 aromatic carbocycles. The Morgan fingerprint density at radius 2 is 2.05 bits per heavy atom. The Bertz CT molecular complexity index is 616. The Balaban J connectivity index is 1.67. The van der Waals surface area contributed by atoms with Crippen LogP contribution in [0, 0.1) is 11.8 Å². The first-order chi connectivity index (χ1) is 9.93. The van der Waals surface area contributed by atoms with E-state index in [0.717, 1.165) is 17.5 Å². The van der Waals surface area contributed by atoms with Crippen LogP contribution < -0.4 is 0 Å². The van der Waals surface area contributed by atoms with Crippen LogP contribution in [0.15, 0.2) is 4.99 Å². The van der Waals surface area contributed by atoms with Crippen molar-refractivity contribution in [3.8, 4) is 0 Å². The van der Waals surface area contributed by atoms with Crippen LogP contribution in [0.2, 0.25) is 0 Å². The van der Waals surface area contributed by atoms with Crippen molar-refractivity contribution < 1.29 is 13.2 Å². The summed E-state index contributed by atoms with van der Waals surface area (Å²) >= 11 is 1.51. The Hall–Kier alpha value is -0.560. The number of carbonyl (C=O) groups excluding carboxylic acids is 1. The van der Waals surface area contributed by atoms with Crippen LogP contribution in [0.4, 0.5) is 0 Å². The molecule has 0 aromatic heterocycles.